The molecule has 4 heterocycles. The van der Waals surface area contributed by atoms with E-state index < -0.39 is 0 Å². The number of aromatic nitrogens is 2. The van der Waals surface area contributed by atoms with Crippen LogP contribution < -0.4 is 5.56 Å². The van der Waals surface area contributed by atoms with Gasteiger partial charge >= 0.3 is 0 Å². The zero-order valence-electron chi connectivity index (χ0n) is 16.4. The van der Waals surface area contributed by atoms with Gasteiger partial charge in [-0.25, -0.2) is 4.98 Å². The van der Waals surface area contributed by atoms with Crippen molar-refractivity contribution in [2.24, 2.45) is 5.92 Å². The minimum atomic E-state index is 0.133. The molecule has 7 heteroatoms. The molecule has 3 unspecified atom stereocenters. The number of thiophene rings is 1. The first kappa shape index (κ1) is 19.1. The zero-order valence-corrected chi connectivity index (χ0v) is 18.1. The van der Waals surface area contributed by atoms with Crippen LogP contribution in [0.25, 0.3) is 10.2 Å². The standard InChI is InChI=1S/C21H28N2O3S2/c1-13-6-7-16-17(10-13)28-19-18(16)20(24)23(11-14-4-2-8-25-14)21(22-19)27-12-15-5-3-9-26-15/h13-15H,2-12H2,1H3. The van der Waals surface area contributed by atoms with Crippen molar-refractivity contribution in [3.63, 3.8) is 0 Å². The number of thioether (sulfide) groups is 1. The Kier molecular flexibility index (Phi) is 5.52. The maximum absolute atomic E-state index is 13.6. The Bertz CT molecular complexity index is 910. The fraction of sp³-hybridized carbons (Fsp3) is 0.714. The molecule has 0 radical (unpaired) electrons. The molecule has 2 aromatic heterocycles. The minimum absolute atomic E-state index is 0.133. The molecule has 28 heavy (non-hydrogen) atoms. The second kappa shape index (κ2) is 8.09. The van der Waals surface area contributed by atoms with Crippen LogP contribution in [-0.4, -0.2) is 40.7 Å². The second-order valence-corrected chi connectivity index (χ2v) is 10.5. The van der Waals surface area contributed by atoms with Crippen molar-refractivity contribution in [2.75, 3.05) is 19.0 Å². The lowest BCUT2D eigenvalue weighted by Gasteiger charge is -2.18. The van der Waals surface area contributed by atoms with Crippen LogP contribution in [0.4, 0.5) is 0 Å². The topological polar surface area (TPSA) is 53.4 Å². The summed E-state index contributed by atoms with van der Waals surface area (Å²) in [5.41, 5.74) is 1.41. The molecule has 0 amide bonds. The van der Waals surface area contributed by atoms with Gasteiger partial charge in [0.25, 0.3) is 5.56 Å². The van der Waals surface area contributed by atoms with E-state index in [2.05, 4.69) is 6.92 Å². The van der Waals surface area contributed by atoms with E-state index in [1.807, 2.05) is 4.57 Å². The van der Waals surface area contributed by atoms with E-state index in [0.29, 0.717) is 12.5 Å². The number of aryl methyl sites for hydroxylation is 1. The van der Waals surface area contributed by atoms with Gasteiger partial charge in [0.05, 0.1) is 24.1 Å². The van der Waals surface area contributed by atoms with E-state index in [1.54, 1.807) is 23.1 Å². The van der Waals surface area contributed by atoms with E-state index in [0.717, 1.165) is 72.9 Å². The number of fused-ring (bicyclic) bond motifs is 3. The highest BCUT2D eigenvalue weighted by molar-refractivity contribution is 7.99. The second-order valence-electron chi connectivity index (χ2n) is 8.42. The maximum atomic E-state index is 13.6. The molecule has 2 saturated heterocycles. The first-order valence-corrected chi connectivity index (χ1v) is 12.4. The van der Waals surface area contributed by atoms with Crippen molar-refractivity contribution < 1.29 is 9.47 Å². The summed E-state index contributed by atoms with van der Waals surface area (Å²) >= 11 is 3.42. The summed E-state index contributed by atoms with van der Waals surface area (Å²) in [7, 11) is 0. The van der Waals surface area contributed by atoms with Gasteiger partial charge in [0.15, 0.2) is 5.16 Å². The first-order chi connectivity index (χ1) is 13.7. The van der Waals surface area contributed by atoms with Gasteiger partial charge in [-0.15, -0.1) is 11.3 Å². The van der Waals surface area contributed by atoms with Crippen molar-refractivity contribution in [1.82, 2.24) is 9.55 Å². The van der Waals surface area contributed by atoms with Crippen LogP contribution >= 0.6 is 23.1 Å². The molecule has 152 valence electrons. The van der Waals surface area contributed by atoms with Gasteiger partial charge in [0.2, 0.25) is 0 Å². The lowest BCUT2D eigenvalue weighted by atomic mass is 9.89. The summed E-state index contributed by atoms with van der Waals surface area (Å²) in [5.74, 6) is 1.56. The molecule has 5 nitrogen and oxygen atoms in total. The number of nitrogens with zero attached hydrogens (tertiary/aromatic N) is 2. The Morgan fingerprint density at radius 3 is 2.71 bits per heavy atom. The molecule has 0 N–H and O–H groups in total. The summed E-state index contributed by atoms with van der Waals surface area (Å²) in [6.07, 6.45) is 8.03. The maximum Gasteiger partial charge on any atom is 0.263 e. The average Bonchev–Trinajstić information content (AvgIpc) is 3.42. The molecular weight excluding hydrogens is 392 g/mol. The van der Waals surface area contributed by atoms with Gasteiger partial charge < -0.3 is 9.47 Å². The molecule has 3 aliphatic rings. The Labute approximate surface area is 173 Å². The first-order valence-electron chi connectivity index (χ1n) is 10.6. The van der Waals surface area contributed by atoms with Gasteiger partial charge in [-0.3, -0.25) is 9.36 Å². The quantitative estimate of drug-likeness (QED) is 0.540. The number of hydrogen-bond acceptors (Lipinski definition) is 6. The number of ether oxygens (including phenoxy) is 2. The van der Waals surface area contributed by atoms with E-state index in [1.165, 1.54) is 16.9 Å². The molecule has 5 rings (SSSR count). The third-order valence-electron chi connectivity index (χ3n) is 6.21. The summed E-state index contributed by atoms with van der Waals surface area (Å²) in [6.45, 7) is 4.59. The smallest absolute Gasteiger partial charge is 0.263 e. The molecule has 2 aliphatic heterocycles. The Hall–Kier alpha value is -0.890. The molecule has 0 saturated carbocycles. The zero-order chi connectivity index (χ0) is 19.1. The van der Waals surface area contributed by atoms with Gasteiger partial charge in [0, 0.05) is 23.8 Å². The van der Waals surface area contributed by atoms with Crippen LogP contribution in [0.15, 0.2) is 9.95 Å². The molecular formula is C21H28N2O3S2. The van der Waals surface area contributed by atoms with Crippen LogP contribution in [0.2, 0.25) is 0 Å². The molecule has 1 aliphatic carbocycles. The highest BCUT2D eigenvalue weighted by Gasteiger charge is 2.27. The number of hydrogen-bond donors (Lipinski definition) is 0. The third-order valence-corrected chi connectivity index (χ3v) is 8.47. The minimum Gasteiger partial charge on any atom is -0.377 e. The lowest BCUT2D eigenvalue weighted by molar-refractivity contribution is 0.0937. The SMILES string of the molecule is CC1CCc2c(sc3nc(SCC4CCCO4)n(CC4CCCO4)c(=O)c23)C1. The van der Waals surface area contributed by atoms with E-state index in [9.17, 15) is 4.79 Å². The predicted octanol–water partition coefficient (Wildman–Crippen LogP) is 4.03. The predicted molar refractivity (Wildman–Crippen MR) is 114 cm³/mol. The molecule has 0 aromatic carbocycles. The molecule has 0 bridgehead atoms. The van der Waals surface area contributed by atoms with Crippen LogP contribution in [-0.2, 0) is 28.9 Å². The average molecular weight is 421 g/mol. The van der Waals surface area contributed by atoms with Crippen molar-refractivity contribution in [3.05, 3.63) is 20.8 Å². The van der Waals surface area contributed by atoms with Gasteiger partial charge in [-0.2, -0.15) is 0 Å². The third kappa shape index (κ3) is 3.66. The van der Waals surface area contributed by atoms with E-state index in [4.69, 9.17) is 14.5 Å². The van der Waals surface area contributed by atoms with Gasteiger partial charge in [-0.05, 0) is 56.4 Å². The van der Waals surface area contributed by atoms with E-state index in [-0.39, 0.29) is 17.8 Å². The lowest BCUT2D eigenvalue weighted by Crippen LogP contribution is -2.29. The van der Waals surface area contributed by atoms with Gasteiger partial charge in [-0.1, -0.05) is 18.7 Å². The molecule has 3 atom stereocenters. The monoisotopic (exact) mass is 420 g/mol. The summed E-state index contributed by atoms with van der Waals surface area (Å²) in [6, 6.07) is 0. The van der Waals surface area contributed by atoms with Gasteiger partial charge in [0.1, 0.15) is 4.83 Å². The highest BCUT2D eigenvalue weighted by atomic mass is 32.2. The summed E-state index contributed by atoms with van der Waals surface area (Å²) in [4.78, 5) is 20.9. The van der Waals surface area contributed by atoms with Crippen molar-refractivity contribution in [2.45, 2.75) is 75.8 Å². The van der Waals surface area contributed by atoms with Crippen molar-refractivity contribution in [3.8, 4) is 0 Å². The Balaban J connectivity index is 1.53. The van der Waals surface area contributed by atoms with Crippen LogP contribution in [0.1, 0.15) is 49.5 Å². The number of rotatable bonds is 5. The molecule has 2 fully saturated rings. The van der Waals surface area contributed by atoms with Crippen molar-refractivity contribution in [1.29, 1.82) is 0 Å². The summed E-state index contributed by atoms with van der Waals surface area (Å²) < 4.78 is 13.5. The van der Waals surface area contributed by atoms with Crippen LogP contribution in [0, 0.1) is 5.92 Å². The Morgan fingerprint density at radius 1 is 1.18 bits per heavy atom. The van der Waals surface area contributed by atoms with Crippen LogP contribution in [0.3, 0.4) is 0 Å². The van der Waals surface area contributed by atoms with Crippen LogP contribution in [0.5, 0.6) is 0 Å². The molecule has 2 aromatic rings. The summed E-state index contributed by atoms with van der Waals surface area (Å²) in [5, 5.41) is 1.72. The van der Waals surface area contributed by atoms with E-state index >= 15 is 0 Å². The Morgan fingerprint density at radius 2 is 1.96 bits per heavy atom. The van der Waals surface area contributed by atoms with Crippen molar-refractivity contribution >= 4 is 33.3 Å². The molecule has 0 spiro atoms. The largest absolute Gasteiger partial charge is 0.377 e. The highest BCUT2D eigenvalue weighted by Crippen LogP contribution is 2.37. The normalized spacial score (nSPS) is 27.5. The fourth-order valence-corrected chi connectivity index (χ4v) is 7.11. The fourth-order valence-electron chi connectivity index (χ4n) is 4.61.